The van der Waals surface area contributed by atoms with Gasteiger partial charge in [0, 0.05) is 5.90 Å². The van der Waals surface area contributed by atoms with Crippen LogP contribution in [0.25, 0.3) is 0 Å². The van der Waals surface area contributed by atoms with Crippen LogP contribution in [-0.4, -0.2) is 31.6 Å². The molecular weight excluding hydrogens is 224 g/mol. The van der Waals surface area contributed by atoms with Gasteiger partial charge in [0.1, 0.15) is 0 Å². The topological polar surface area (TPSA) is 35.4 Å². The Hall–Kier alpha value is -0.570. The van der Waals surface area contributed by atoms with Crippen molar-refractivity contribution < 1.29 is 9.70 Å². The Labute approximate surface area is 113 Å². The van der Waals surface area contributed by atoms with Crippen molar-refractivity contribution in [1.29, 1.82) is 0 Å². The van der Waals surface area contributed by atoms with Crippen molar-refractivity contribution in [3.63, 3.8) is 0 Å². The summed E-state index contributed by atoms with van der Waals surface area (Å²) in [4.78, 5) is 0. The van der Waals surface area contributed by atoms with E-state index in [1.165, 1.54) is 51.4 Å². The molecule has 0 rings (SSSR count). The molecule has 0 aliphatic carbocycles. The van der Waals surface area contributed by atoms with Gasteiger partial charge in [-0.2, -0.15) is 0 Å². The Bertz CT molecular complexity index is 219. The molecule has 0 heterocycles. The summed E-state index contributed by atoms with van der Waals surface area (Å²) < 4.78 is 0.385. The highest BCUT2D eigenvalue weighted by Crippen LogP contribution is 2.10. The molecule has 18 heavy (non-hydrogen) atoms. The zero-order chi connectivity index (χ0) is 13.9. The molecule has 0 aromatic carbocycles. The maximum Gasteiger partial charge on any atom is 0.0923 e. The van der Waals surface area contributed by atoms with Crippen LogP contribution in [0, 0.1) is 0 Å². The van der Waals surface area contributed by atoms with Crippen molar-refractivity contribution in [3.05, 3.63) is 0 Å². The summed E-state index contributed by atoms with van der Waals surface area (Å²) in [5, 5.41) is 15.6. The molecule has 0 saturated carbocycles. The predicted molar refractivity (Wildman–Crippen MR) is 77.3 cm³/mol. The number of rotatable bonds is 11. The minimum atomic E-state index is 0.0467. The zero-order valence-corrected chi connectivity index (χ0v) is 12.9. The lowest BCUT2D eigenvalue weighted by Gasteiger charge is -2.20. The highest BCUT2D eigenvalue weighted by molar-refractivity contribution is 5.70. The summed E-state index contributed by atoms with van der Waals surface area (Å²) in [6, 6.07) is 0. The third-order valence-electron chi connectivity index (χ3n) is 2.91. The number of quaternary nitrogens is 1. The van der Waals surface area contributed by atoms with Crippen LogP contribution in [-0.2, 0) is 0 Å². The van der Waals surface area contributed by atoms with Crippen molar-refractivity contribution >= 4 is 5.90 Å². The van der Waals surface area contributed by atoms with E-state index in [2.05, 4.69) is 12.0 Å². The van der Waals surface area contributed by atoms with E-state index in [9.17, 15) is 5.11 Å². The molecule has 108 valence electrons. The number of nitrogens with zero attached hydrogens (tertiary/aromatic N) is 2. The summed E-state index contributed by atoms with van der Waals surface area (Å²) >= 11 is 0. The molecule has 0 spiro atoms. The zero-order valence-electron chi connectivity index (χ0n) is 12.9. The van der Waals surface area contributed by atoms with Crippen LogP contribution >= 0.6 is 0 Å². The lowest BCUT2D eigenvalue weighted by Crippen LogP contribution is -2.32. The summed E-state index contributed by atoms with van der Waals surface area (Å²) in [5.41, 5.74) is 0. The molecule has 0 aliphatic rings. The largest absolute Gasteiger partial charge is 0.858 e. The van der Waals surface area contributed by atoms with Gasteiger partial charge in [-0.15, -0.1) is 5.10 Å². The highest BCUT2D eigenvalue weighted by Gasteiger charge is 2.02. The SMILES string of the molecule is CCCCCCCCCCC/C([O-])=N\[N+](C)(C)C. The fourth-order valence-electron chi connectivity index (χ4n) is 1.97. The first-order chi connectivity index (χ1) is 8.45. The lowest BCUT2D eigenvalue weighted by atomic mass is 10.1. The summed E-state index contributed by atoms with van der Waals surface area (Å²) in [5.74, 6) is 0.0467. The Morgan fingerprint density at radius 3 is 1.72 bits per heavy atom. The molecule has 0 fully saturated rings. The summed E-state index contributed by atoms with van der Waals surface area (Å²) in [6.45, 7) is 2.25. The van der Waals surface area contributed by atoms with Crippen LogP contribution in [0.2, 0.25) is 0 Å². The van der Waals surface area contributed by atoms with Gasteiger partial charge >= 0.3 is 0 Å². The van der Waals surface area contributed by atoms with E-state index < -0.39 is 0 Å². The predicted octanol–water partition coefficient (Wildman–Crippen LogP) is 3.29. The van der Waals surface area contributed by atoms with Gasteiger partial charge in [0.15, 0.2) is 0 Å². The molecule has 0 unspecified atom stereocenters. The first kappa shape index (κ1) is 17.4. The van der Waals surface area contributed by atoms with Crippen molar-refractivity contribution in [1.82, 2.24) is 0 Å². The van der Waals surface area contributed by atoms with Gasteiger partial charge in [0.2, 0.25) is 0 Å². The molecular formula is C15H32N2O. The van der Waals surface area contributed by atoms with Crippen LogP contribution in [0.5, 0.6) is 0 Å². The minimum absolute atomic E-state index is 0.0467. The molecule has 0 aromatic rings. The second-order valence-corrected chi connectivity index (χ2v) is 6.01. The van der Waals surface area contributed by atoms with Crippen molar-refractivity contribution in [2.75, 3.05) is 21.1 Å². The fourth-order valence-corrected chi connectivity index (χ4v) is 1.97. The Morgan fingerprint density at radius 1 is 0.833 bits per heavy atom. The van der Waals surface area contributed by atoms with Crippen molar-refractivity contribution in [2.45, 2.75) is 71.1 Å². The molecule has 0 amide bonds. The standard InChI is InChI=1S/C15H32N2O/c1-5-6-7-8-9-10-11-12-13-14-15(18)16-17(2,3)4/h5-14H2,1-4H3. The van der Waals surface area contributed by atoms with E-state index >= 15 is 0 Å². The van der Waals surface area contributed by atoms with E-state index in [-0.39, 0.29) is 5.90 Å². The molecule has 0 saturated heterocycles. The maximum absolute atomic E-state index is 11.5. The van der Waals surface area contributed by atoms with Crippen LogP contribution in [0.1, 0.15) is 71.1 Å². The third kappa shape index (κ3) is 13.5. The van der Waals surface area contributed by atoms with Gasteiger partial charge in [-0.25, -0.2) is 4.59 Å². The summed E-state index contributed by atoms with van der Waals surface area (Å²) in [7, 11) is 5.73. The van der Waals surface area contributed by atoms with E-state index in [0.29, 0.717) is 11.0 Å². The molecule has 0 bridgehead atoms. The third-order valence-corrected chi connectivity index (χ3v) is 2.91. The van der Waals surface area contributed by atoms with Crippen LogP contribution in [0.15, 0.2) is 5.10 Å². The molecule has 0 N–H and O–H groups in total. The van der Waals surface area contributed by atoms with Crippen LogP contribution < -0.4 is 5.11 Å². The molecule has 0 atom stereocenters. The van der Waals surface area contributed by atoms with Gasteiger partial charge in [-0.3, -0.25) is 0 Å². The highest BCUT2D eigenvalue weighted by atomic mass is 16.3. The Morgan fingerprint density at radius 2 is 1.28 bits per heavy atom. The van der Waals surface area contributed by atoms with Crippen LogP contribution in [0.3, 0.4) is 0 Å². The molecule has 3 nitrogen and oxygen atoms in total. The van der Waals surface area contributed by atoms with Gasteiger partial charge in [-0.05, 0) is 12.8 Å². The first-order valence-electron chi connectivity index (χ1n) is 7.53. The van der Waals surface area contributed by atoms with E-state index in [0.717, 1.165) is 6.42 Å². The molecule has 0 radical (unpaired) electrons. The van der Waals surface area contributed by atoms with Gasteiger partial charge in [0.05, 0.1) is 21.1 Å². The number of unbranched alkanes of at least 4 members (excludes halogenated alkanes) is 8. The van der Waals surface area contributed by atoms with Crippen molar-refractivity contribution in [2.24, 2.45) is 5.10 Å². The second kappa shape index (κ2) is 10.4. The van der Waals surface area contributed by atoms with Crippen molar-refractivity contribution in [3.8, 4) is 0 Å². The fraction of sp³-hybridized carbons (Fsp3) is 0.933. The second-order valence-electron chi connectivity index (χ2n) is 6.01. The van der Waals surface area contributed by atoms with Gasteiger partial charge in [-0.1, -0.05) is 58.3 Å². The lowest BCUT2D eigenvalue weighted by molar-refractivity contribution is -0.878. The Balaban J connectivity index is 3.33. The van der Waals surface area contributed by atoms with E-state index in [4.69, 9.17) is 0 Å². The summed E-state index contributed by atoms with van der Waals surface area (Å²) in [6.07, 6.45) is 12.2. The monoisotopic (exact) mass is 256 g/mol. The quantitative estimate of drug-likeness (QED) is 0.184. The first-order valence-corrected chi connectivity index (χ1v) is 7.53. The molecule has 3 heteroatoms. The average Bonchev–Trinajstić information content (AvgIpc) is 2.24. The smallest absolute Gasteiger partial charge is 0.0923 e. The maximum atomic E-state index is 11.5. The normalized spacial score (nSPS) is 13.0. The number of hydrogen-bond donors (Lipinski definition) is 0. The van der Waals surface area contributed by atoms with Crippen LogP contribution in [0.4, 0.5) is 0 Å². The van der Waals surface area contributed by atoms with E-state index in [1.807, 2.05) is 21.1 Å². The molecule has 0 aliphatic heterocycles. The van der Waals surface area contributed by atoms with Gasteiger partial charge in [0.25, 0.3) is 0 Å². The Kier molecular flexibility index (Phi) is 10.0. The molecule has 0 aromatic heterocycles. The van der Waals surface area contributed by atoms with Gasteiger partial charge < -0.3 is 5.11 Å². The minimum Gasteiger partial charge on any atom is -0.858 e. The average molecular weight is 256 g/mol. The van der Waals surface area contributed by atoms with E-state index in [1.54, 1.807) is 0 Å². The number of hydrogen-bond acceptors (Lipinski definition) is 2.